The van der Waals surface area contributed by atoms with Crippen molar-refractivity contribution in [2.24, 2.45) is 0 Å². The highest BCUT2D eigenvalue weighted by Crippen LogP contribution is 2.18. The van der Waals surface area contributed by atoms with Gasteiger partial charge >= 0.3 is 5.97 Å². The van der Waals surface area contributed by atoms with E-state index in [4.69, 9.17) is 5.11 Å². The van der Waals surface area contributed by atoms with Crippen LogP contribution in [0.1, 0.15) is 5.56 Å². The molecule has 0 saturated carbocycles. The molecular formula is C13H17BrN2O2. The third-order valence-corrected chi connectivity index (χ3v) is 3.95. The van der Waals surface area contributed by atoms with Crippen LogP contribution in [0.15, 0.2) is 28.7 Å². The third kappa shape index (κ3) is 3.80. The molecule has 5 heteroatoms. The van der Waals surface area contributed by atoms with E-state index in [1.165, 1.54) is 5.56 Å². The molecule has 1 aromatic rings. The summed E-state index contributed by atoms with van der Waals surface area (Å²) >= 11 is 3.55. The summed E-state index contributed by atoms with van der Waals surface area (Å²) in [5.74, 6) is -0.741. The lowest BCUT2D eigenvalue weighted by atomic mass is 10.2. The Balaban J connectivity index is 1.84. The first-order valence-corrected chi connectivity index (χ1v) is 6.84. The number of benzene rings is 1. The minimum absolute atomic E-state index is 0.156. The second-order valence-corrected chi connectivity index (χ2v) is 5.39. The number of hydrogen-bond acceptors (Lipinski definition) is 3. The van der Waals surface area contributed by atoms with Crippen LogP contribution >= 0.6 is 15.9 Å². The molecule has 1 aliphatic heterocycles. The lowest BCUT2D eigenvalue weighted by Crippen LogP contribution is -2.47. The van der Waals surface area contributed by atoms with Crippen LogP contribution in [0.4, 0.5) is 0 Å². The molecule has 18 heavy (non-hydrogen) atoms. The van der Waals surface area contributed by atoms with Crippen molar-refractivity contribution in [3.63, 3.8) is 0 Å². The molecule has 0 radical (unpaired) electrons. The zero-order valence-electron chi connectivity index (χ0n) is 10.2. The van der Waals surface area contributed by atoms with Crippen molar-refractivity contribution >= 4 is 21.9 Å². The van der Waals surface area contributed by atoms with E-state index >= 15 is 0 Å². The Bertz CT molecular complexity index is 417. The van der Waals surface area contributed by atoms with Gasteiger partial charge < -0.3 is 5.11 Å². The van der Waals surface area contributed by atoms with Crippen molar-refractivity contribution in [2.45, 2.75) is 6.54 Å². The fraction of sp³-hybridized carbons (Fsp3) is 0.462. The van der Waals surface area contributed by atoms with Gasteiger partial charge in [-0.25, -0.2) is 0 Å². The fourth-order valence-corrected chi connectivity index (χ4v) is 2.57. The lowest BCUT2D eigenvalue weighted by Gasteiger charge is -2.33. The van der Waals surface area contributed by atoms with Gasteiger partial charge in [-0.3, -0.25) is 14.6 Å². The highest BCUT2D eigenvalue weighted by molar-refractivity contribution is 9.10. The van der Waals surface area contributed by atoms with E-state index in [0.29, 0.717) is 0 Å². The molecule has 0 bridgehead atoms. The second kappa shape index (κ2) is 6.31. The van der Waals surface area contributed by atoms with E-state index < -0.39 is 5.97 Å². The van der Waals surface area contributed by atoms with E-state index in [0.717, 1.165) is 37.2 Å². The molecular weight excluding hydrogens is 296 g/mol. The summed E-state index contributed by atoms with van der Waals surface area (Å²) in [5.41, 5.74) is 1.28. The maximum absolute atomic E-state index is 10.6. The molecule has 4 nitrogen and oxygen atoms in total. The minimum atomic E-state index is -0.741. The quantitative estimate of drug-likeness (QED) is 0.918. The molecule has 0 atom stereocenters. The average Bonchev–Trinajstić information content (AvgIpc) is 2.34. The van der Waals surface area contributed by atoms with Crippen LogP contribution in [0.5, 0.6) is 0 Å². The first kappa shape index (κ1) is 13.5. The van der Waals surface area contributed by atoms with Crippen LogP contribution in [0.25, 0.3) is 0 Å². The largest absolute Gasteiger partial charge is 0.480 e. The summed E-state index contributed by atoms with van der Waals surface area (Å²) in [4.78, 5) is 15.0. The fourth-order valence-electron chi connectivity index (χ4n) is 2.16. The van der Waals surface area contributed by atoms with Crippen molar-refractivity contribution in [3.8, 4) is 0 Å². The number of aliphatic carboxylic acids is 1. The number of hydrogen-bond donors (Lipinski definition) is 1. The van der Waals surface area contributed by atoms with Crippen LogP contribution in [-0.2, 0) is 11.3 Å². The molecule has 1 N–H and O–H groups in total. The van der Waals surface area contributed by atoms with Crippen LogP contribution < -0.4 is 0 Å². The van der Waals surface area contributed by atoms with Gasteiger partial charge in [-0.05, 0) is 11.6 Å². The van der Waals surface area contributed by atoms with Crippen LogP contribution in [0.2, 0.25) is 0 Å². The number of nitrogens with zero attached hydrogens (tertiary/aromatic N) is 2. The Hall–Kier alpha value is -0.910. The van der Waals surface area contributed by atoms with Crippen LogP contribution in [0.3, 0.4) is 0 Å². The van der Waals surface area contributed by atoms with Crippen molar-refractivity contribution in [1.29, 1.82) is 0 Å². The summed E-state index contributed by atoms with van der Waals surface area (Å²) in [6, 6.07) is 8.23. The molecule has 0 aromatic heterocycles. The summed E-state index contributed by atoms with van der Waals surface area (Å²) < 4.78 is 1.14. The van der Waals surface area contributed by atoms with Gasteiger partial charge in [0.2, 0.25) is 0 Å². The van der Waals surface area contributed by atoms with E-state index in [-0.39, 0.29) is 6.54 Å². The van der Waals surface area contributed by atoms with Crippen molar-refractivity contribution in [3.05, 3.63) is 34.3 Å². The molecule has 0 spiro atoms. The molecule has 0 unspecified atom stereocenters. The van der Waals surface area contributed by atoms with Gasteiger partial charge in [0.1, 0.15) is 0 Å². The van der Waals surface area contributed by atoms with E-state index in [1.807, 2.05) is 17.0 Å². The van der Waals surface area contributed by atoms with Crippen molar-refractivity contribution in [2.75, 3.05) is 32.7 Å². The maximum Gasteiger partial charge on any atom is 0.317 e. The number of carboxylic acid groups (broad SMARTS) is 1. The van der Waals surface area contributed by atoms with E-state index in [2.05, 4.69) is 33.0 Å². The molecule has 1 heterocycles. The summed E-state index contributed by atoms with van der Waals surface area (Å²) in [7, 11) is 0. The number of carboxylic acids is 1. The predicted octanol–water partition coefficient (Wildman–Crippen LogP) is 1.65. The van der Waals surface area contributed by atoms with Gasteiger partial charge in [0.15, 0.2) is 0 Å². The molecule has 1 saturated heterocycles. The Kier molecular flexibility index (Phi) is 4.74. The normalized spacial score (nSPS) is 17.8. The molecule has 1 aliphatic rings. The number of carbonyl (C=O) groups is 1. The SMILES string of the molecule is O=C(O)CN1CCN(Cc2ccccc2Br)CC1. The third-order valence-electron chi connectivity index (χ3n) is 3.18. The first-order valence-electron chi connectivity index (χ1n) is 6.05. The van der Waals surface area contributed by atoms with Gasteiger partial charge in [0, 0.05) is 37.2 Å². The maximum atomic E-state index is 10.6. The lowest BCUT2D eigenvalue weighted by molar-refractivity contribution is -0.138. The van der Waals surface area contributed by atoms with Crippen molar-refractivity contribution < 1.29 is 9.90 Å². The molecule has 1 aromatic carbocycles. The van der Waals surface area contributed by atoms with E-state index in [1.54, 1.807) is 0 Å². The summed E-state index contributed by atoms with van der Waals surface area (Å²) in [6.07, 6.45) is 0. The second-order valence-electron chi connectivity index (χ2n) is 4.54. The molecule has 1 fully saturated rings. The molecule has 0 amide bonds. The first-order chi connectivity index (χ1) is 8.65. The Labute approximate surface area is 115 Å². The highest BCUT2D eigenvalue weighted by Gasteiger charge is 2.18. The van der Waals surface area contributed by atoms with Gasteiger partial charge in [-0.15, -0.1) is 0 Å². The topological polar surface area (TPSA) is 43.8 Å². The number of rotatable bonds is 4. The smallest absolute Gasteiger partial charge is 0.317 e. The molecule has 0 aliphatic carbocycles. The Morgan fingerprint density at radius 3 is 2.39 bits per heavy atom. The van der Waals surface area contributed by atoms with Crippen molar-refractivity contribution in [1.82, 2.24) is 9.80 Å². The zero-order chi connectivity index (χ0) is 13.0. The van der Waals surface area contributed by atoms with Crippen LogP contribution in [-0.4, -0.2) is 53.6 Å². The van der Waals surface area contributed by atoms with Gasteiger partial charge in [0.25, 0.3) is 0 Å². The highest BCUT2D eigenvalue weighted by atomic mass is 79.9. The van der Waals surface area contributed by atoms with Gasteiger partial charge in [-0.2, -0.15) is 0 Å². The standard InChI is InChI=1S/C13H17BrN2O2/c14-12-4-2-1-3-11(12)9-15-5-7-16(8-6-15)10-13(17)18/h1-4H,5-10H2,(H,17,18). The Morgan fingerprint density at radius 1 is 1.17 bits per heavy atom. The van der Waals surface area contributed by atoms with Gasteiger partial charge in [0.05, 0.1) is 6.54 Å². The number of halogens is 1. The minimum Gasteiger partial charge on any atom is -0.480 e. The summed E-state index contributed by atoms with van der Waals surface area (Å²) in [5, 5.41) is 8.74. The van der Waals surface area contributed by atoms with Crippen LogP contribution in [0, 0.1) is 0 Å². The monoisotopic (exact) mass is 312 g/mol. The van der Waals surface area contributed by atoms with E-state index in [9.17, 15) is 4.79 Å². The molecule has 2 rings (SSSR count). The van der Waals surface area contributed by atoms with Gasteiger partial charge in [-0.1, -0.05) is 34.1 Å². The molecule has 98 valence electrons. The average molecular weight is 313 g/mol. The summed E-state index contributed by atoms with van der Waals surface area (Å²) in [6.45, 7) is 4.59. The predicted molar refractivity (Wildman–Crippen MR) is 73.5 cm³/mol. The Morgan fingerprint density at radius 2 is 1.78 bits per heavy atom. The zero-order valence-corrected chi connectivity index (χ0v) is 11.8. The number of piperazine rings is 1.